The molecule has 1 aromatic carbocycles. The molecule has 0 unspecified atom stereocenters. The molecule has 0 radical (unpaired) electrons. The van der Waals surface area contributed by atoms with Gasteiger partial charge in [0.05, 0.1) is 10.6 Å². The largest absolute Gasteiger partial charge is 0.433 e. The third-order valence-corrected chi connectivity index (χ3v) is 3.77. The van der Waals surface area contributed by atoms with Crippen molar-refractivity contribution in [3.05, 3.63) is 63.3 Å². The maximum absolute atomic E-state index is 13.3. The van der Waals surface area contributed by atoms with Crippen LogP contribution < -0.4 is 0 Å². The number of alkyl halides is 3. The van der Waals surface area contributed by atoms with E-state index in [1.165, 1.54) is 26.0 Å². The van der Waals surface area contributed by atoms with Gasteiger partial charge in [0, 0.05) is 5.56 Å². The van der Waals surface area contributed by atoms with Crippen molar-refractivity contribution in [2.45, 2.75) is 20.0 Å². The van der Waals surface area contributed by atoms with E-state index in [1.807, 2.05) is 0 Å². The first-order valence-corrected chi connectivity index (χ1v) is 7.51. The molecule has 2 heterocycles. The van der Waals surface area contributed by atoms with Gasteiger partial charge in [-0.05, 0) is 44.2 Å². The molecular formula is C16H11F4N5O2. The van der Waals surface area contributed by atoms with Crippen LogP contribution in [0.15, 0.2) is 30.3 Å². The highest BCUT2D eigenvalue weighted by Crippen LogP contribution is 2.32. The van der Waals surface area contributed by atoms with Gasteiger partial charge in [-0.25, -0.2) is 14.4 Å². The molecule has 3 aromatic rings. The summed E-state index contributed by atoms with van der Waals surface area (Å²) in [5, 5.41) is 15.0. The Kier molecular flexibility index (Phi) is 4.38. The summed E-state index contributed by atoms with van der Waals surface area (Å²) in [4.78, 5) is 17.9. The summed E-state index contributed by atoms with van der Waals surface area (Å²) in [6.45, 7) is 2.69. The Balaban J connectivity index is 2.25. The lowest BCUT2D eigenvalue weighted by Gasteiger charge is -2.11. The Morgan fingerprint density at radius 1 is 1.11 bits per heavy atom. The standard InChI is InChI=1S/C16H11F4N5O2/c1-8-14(25(26)27)9(2)24(23-8)15-21-12(7-13(22-15)16(18,19)20)10-3-5-11(17)6-4-10/h3-7H,1-2H3. The van der Waals surface area contributed by atoms with Gasteiger partial charge in [-0.3, -0.25) is 10.1 Å². The Bertz CT molecular complexity index is 1030. The van der Waals surface area contributed by atoms with Crippen LogP contribution in [-0.2, 0) is 6.18 Å². The van der Waals surface area contributed by atoms with Crippen molar-refractivity contribution in [2.24, 2.45) is 0 Å². The molecule has 0 aliphatic heterocycles. The number of hydrogen-bond donors (Lipinski definition) is 0. The van der Waals surface area contributed by atoms with E-state index < -0.39 is 28.6 Å². The zero-order valence-corrected chi connectivity index (χ0v) is 14.0. The Labute approximate surface area is 149 Å². The molecule has 0 aliphatic carbocycles. The predicted molar refractivity (Wildman–Crippen MR) is 85.7 cm³/mol. The highest BCUT2D eigenvalue weighted by molar-refractivity contribution is 5.60. The minimum Gasteiger partial charge on any atom is -0.258 e. The molecule has 7 nitrogen and oxygen atoms in total. The molecule has 0 amide bonds. The van der Waals surface area contributed by atoms with E-state index in [0.29, 0.717) is 0 Å². The third kappa shape index (κ3) is 3.48. The molecule has 0 saturated carbocycles. The zero-order valence-electron chi connectivity index (χ0n) is 14.0. The van der Waals surface area contributed by atoms with Crippen LogP contribution in [0.3, 0.4) is 0 Å². The van der Waals surface area contributed by atoms with E-state index in [0.717, 1.165) is 22.9 Å². The smallest absolute Gasteiger partial charge is 0.258 e. The number of aryl methyl sites for hydroxylation is 1. The van der Waals surface area contributed by atoms with E-state index in [1.54, 1.807) is 0 Å². The van der Waals surface area contributed by atoms with E-state index >= 15 is 0 Å². The molecule has 27 heavy (non-hydrogen) atoms. The van der Waals surface area contributed by atoms with Crippen molar-refractivity contribution in [1.29, 1.82) is 0 Å². The van der Waals surface area contributed by atoms with Crippen LogP contribution in [-0.4, -0.2) is 24.7 Å². The van der Waals surface area contributed by atoms with E-state index in [9.17, 15) is 27.7 Å². The lowest BCUT2D eigenvalue weighted by molar-refractivity contribution is -0.386. The fourth-order valence-electron chi connectivity index (χ4n) is 2.54. The van der Waals surface area contributed by atoms with Gasteiger partial charge in [-0.2, -0.15) is 23.0 Å². The number of nitrogens with zero attached hydrogens (tertiary/aromatic N) is 5. The fraction of sp³-hybridized carbons (Fsp3) is 0.188. The van der Waals surface area contributed by atoms with Gasteiger partial charge in [0.25, 0.3) is 5.95 Å². The second-order valence-electron chi connectivity index (χ2n) is 5.63. The number of aromatic nitrogens is 4. The first-order valence-electron chi connectivity index (χ1n) is 7.51. The number of halogens is 4. The summed E-state index contributed by atoms with van der Waals surface area (Å²) < 4.78 is 53.8. The zero-order chi connectivity index (χ0) is 19.9. The van der Waals surface area contributed by atoms with Crippen molar-refractivity contribution < 1.29 is 22.5 Å². The van der Waals surface area contributed by atoms with Gasteiger partial charge >= 0.3 is 11.9 Å². The Hall–Kier alpha value is -3.37. The lowest BCUT2D eigenvalue weighted by Crippen LogP contribution is -2.14. The van der Waals surface area contributed by atoms with Gasteiger partial charge in [0.1, 0.15) is 17.2 Å². The van der Waals surface area contributed by atoms with Crippen LogP contribution in [0.25, 0.3) is 17.2 Å². The molecule has 0 aliphatic rings. The van der Waals surface area contributed by atoms with Gasteiger partial charge in [0.15, 0.2) is 5.69 Å². The van der Waals surface area contributed by atoms with Gasteiger partial charge in [-0.1, -0.05) is 0 Å². The summed E-state index contributed by atoms with van der Waals surface area (Å²) in [7, 11) is 0. The van der Waals surface area contributed by atoms with Crippen LogP contribution in [0.4, 0.5) is 23.2 Å². The first-order chi connectivity index (χ1) is 12.6. The van der Waals surface area contributed by atoms with E-state index in [4.69, 9.17) is 0 Å². The van der Waals surface area contributed by atoms with Crippen molar-refractivity contribution >= 4 is 5.69 Å². The first kappa shape index (κ1) is 18.4. The van der Waals surface area contributed by atoms with Crippen molar-refractivity contribution in [1.82, 2.24) is 19.7 Å². The topological polar surface area (TPSA) is 86.7 Å². The van der Waals surface area contributed by atoms with Crippen LogP contribution in [0, 0.1) is 29.8 Å². The van der Waals surface area contributed by atoms with Gasteiger partial charge in [0.2, 0.25) is 0 Å². The summed E-state index contributed by atoms with van der Waals surface area (Å²) in [5.74, 6) is -1.03. The summed E-state index contributed by atoms with van der Waals surface area (Å²) in [6, 6.07) is 5.42. The molecule has 3 rings (SSSR count). The Morgan fingerprint density at radius 2 is 1.74 bits per heavy atom. The SMILES string of the molecule is Cc1nn(-c2nc(-c3ccc(F)cc3)cc(C(F)(F)F)n2)c(C)c1[N+](=O)[O-]. The summed E-state index contributed by atoms with van der Waals surface area (Å²) >= 11 is 0. The summed E-state index contributed by atoms with van der Waals surface area (Å²) in [6.07, 6.45) is -4.78. The monoisotopic (exact) mass is 381 g/mol. The number of nitro groups is 1. The highest BCUT2D eigenvalue weighted by atomic mass is 19.4. The predicted octanol–water partition coefficient (Wildman–Crippen LogP) is 4.01. The van der Waals surface area contributed by atoms with Crippen LogP contribution >= 0.6 is 0 Å². The van der Waals surface area contributed by atoms with Crippen molar-refractivity contribution in [3.8, 4) is 17.2 Å². The molecule has 0 N–H and O–H groups in total. The Morgan fingerprint density at radius 3 is 2.26 bits per heavy atom. The van der Waals surface area contributed by atoms with Crippen LogP contribution in [0.2, 0.25) is 0 Å². The molecule has 0 fully saturated rings. The molecular weight excluding hydrogens is 370 g/mol. The molecule has 0 saturated heterocycles. The molecule has 2 aromatic heterocycles. The maximum atomic E-state index is 13.3. The molecule has 0 spiro atoms. The van der Waals surface area contributed by atoms with Crippen LogP contribution in [0.1, 0.15) is 17.1 Å². The normalized spacial score (nSPS) is 11.6. The lowest BCUT2D eigenvalue weighted by atomic mass is 10.1. The third-order valence-electron chi connectivity index (χ3n) is 3.77. The van der Waals surface area contributed by atoms with E-state index in [2.05, 4.69) is 15.1 Å². The molecule has 0 atom stereocenters. The quantitative estimate of drug-likeness (QED) is 0.389. The average molecular weight is 381 g/mol. The van der Waals surface area contributed by atoms with E-state index in [-0.39, 0.29) is 28.3 Å². The van der Waals surface area contributed by atoms with Crippen molar-refractivity contribution in [3.63, 3.8) is 0 Å². The fourth-order valence-corrected chi connectivity index (χ4v) is 2.54. The second kappa shape index (κ2) is 6.41. The maximum Gasteiger partial charge on any atom is 0.433 e. The minimum absolute atomic E-state index is 0.0121. The number of hydrogen-bond acceptors (Lipinski definition) is 5. The second-order valence-corrected chi connectivity index (χ2v) is 5.63. The molecule has 140 valence electrons. The van der Waals surface area contributed by atoms with Crippen molar-refractivity contribution in [2.75, 3.05) is 0 Å². The van der Waals surface area contributed by atoms with Gasteiger partial charge < -0.3 is 0 Å². The average Bonchev–Trinajstić information content (AvgIpc) is 2.89. The number of rotatable bonds is 3. The molecule has 0 bridgehead atoms. The molecule has 11 heteroatoms. The van der Waals surface area contributed by atoms with Crippen LogP contribution in [0.5, 0.6) is 0 Å². The highest BCUT2D eigenvalue weighted by Gasteiger charge is 2.35. The minimum atomic E-state index is -4.78. The van der Waals surface area contributed by atoms with Gasteiger partial charge in [-0.15, -0.1) is 0 Å². The summed E-state index contributed by atoms with van der Waals surface area (Å²) in [5.41, 5.74) is -1.48. The number of benzene rings is 1.